The topological polar surface area (TPSA) is 76.4 Å². The molecule has 0 saturated carbocycles. The fourth-order valence-corrected chi connectivity index (χ4v) is 2.30. The summed E-state index contributed by atoms with van der Waals surface area (Å²) in [6, 6.07) is 16.0. The molecule has 1 heterocycles. The molecular weight excluding hydrogens is 427 g/mol. The summed E-state index contributed by atoms with van der Waals surface area (Å²) in [5.74, 6) is 1.58. The zero-order valence-corrected chi connectivity index (χ0v) is 16.5. The van der Waals surface area contributed by atoms with Crippen molar-refractivity contribution in [3.8, 4) is 11.3 Å². The standard InChI is InChI=1S/C19H20N4O.HI/c1-13-6-8-15(9-7-13)17-11-21-18(24-17)12-22-19(20)23-16-5-3-4-14(2)10-16;/h3-11H,12H2,1-2H3,(H3,20,22,23);1H. The van der Waals surface area contributed by atoms with E-state index < -0.39 is 0 Å². The second kappa shape index (κ2) is 8.66. The van der Waals surface area contributed by atoms with Crippen LogP contribution in [0.3, 0.4) is 0 Å². The van der Waals surface area contributed by atoms with Gasteiger partial charge < -0.3 is 15.5 Å². The van der Waals surface area contributed by atoms with E-state index in [0.29, 0.717) is 11.9 Å². The zero-order chi connectivity index (χ0) is 16.9. The number of halogens is 1. The molecule has 5 nitrogen and oxygen atoms in total. The molecule has 1 aromatic heterocycles. The lowest BCUT2D eigenvalue weighted by Crippen LogP contribution is -2.22. The number of anilines is 1. The van der Waals surface area contributed by atoms with Crippen molar-refractivity contribution in [1.82, 2.24) is 4.98 Å². The van der Waals surface area contributed by atoms with Crippen molar-refractivity contribution in [2.24, 2.45) is 10.7 Å². The van der Waals surface area contributed by atoms with Crippen molar-refractivity contribution in [2.75, 3.05) is 5.32 Å². The molecule has 2 aromatic carbocycles. The van der Waals surface area contributed by atoms with E-state index in [4.69, 9.17) is 10.2 Å². The summed E-state index contributed by atoms with van der Waals surface area (Å²) in [5, 5.41) is 3.06. The summed E-state index contributed by atoms with van der Waals surface area (Å²) >= 11 is 0. The van der Waals surface area contributed by atoms with Crippen molar-refractivity contribution >= 4 is 35.6 Å². The van der Waals surface area contributed by atoms with Crippen LogP contribution in [0.1, 0.15) is 17.0 Å². The minimum Gasteiger partial charge on any atom is -0.439 e. The molecule has 130 valence electrons. The van der Waals surface area contributed by atoms with Gasteiger partial charge in [0, 0.05) is 11.3 Å². The number of guanidine groups is 1. The summed E-state index contributed by atoms with van der Waals surface area (Å²) < 4.78 is 5.73. The molecule has 0 aliphatic carbocycles. The number of hydrogen-bond acceptors (Lipinski definition) is 3. The number of rotatable bonds is 4. The van der Waals surface area contributed by atoms with Gasteiger partial charge in [0.2, 0.25) is 5.89 Å². The van der Waals surface area contributed by atoms with E-state index in [2.05, 4.69) is 15.3 Å². The molecule has 0 radical (unpaired) electrons. The summed E-state index contributed by atoms with van der Waals surface area (Å²) in [6.07, 6.45) is 1.71. The molecule has 3 aromatic rings. The van der Waals surface area contributed by atoms with Gasteiger partial charge in [0.05, 0.1) is 6.20 Å². The van der Waals surface area contributed by atoms with Gasteiger partial charge in [-0.25, -0.2) is 9.98 Å². The van der Waals surface area contributed by atoms with Gasteiger partial charge in [-0.05, 0) is 31.5 Å². The predicted octanol–water partition coefficient (Wildman–Crippen LogP) is 4.50. The third-order valence-corrected chi connectivity index (χ3v) is 3.56. The number of aliphatic imine (C=N–C) groups is 1. The lowest BCUT2D eigenvalue weighted by atomic mass is 10.1. The van der Waals surface area contributed by atoms with E-state index in [9.17, 15) is 0 Å². The summed E-state index contributed by atoms with van der Waals surface area (Å²) in [7, 11) is 0. The fourth-order valence-electron chi connectivity index (χ4n) is 2.30. The Balaban J connectivity index is 0.00000225. The summed E-state index contributed by atoms with van der Waals surface area (Å²) in [5.41, 5.74) is 10.2. The average molecular weight is 448 g/mol. The van der Waals surface area contributed by atoms with E-state index in [1.165, 1.54) is 5.56 Å². The van der Waals surface area contributed by atoms with Crippen LogP contribution in [0, 0.1) is 13.8 Å². The van der Waals surface area contributed by atoms with Crippen LogP contribution >= 0.6 is 24.0 Å². The van der Waals surface area contributed by atoms with E-state index in [1.807, 2.05) is 62.4 Å². The van der Waals surface area contributed by atoms with Gasteiger partial charge in [-0.1, -0.05) is 42.0 Å². The Morgan fingerprint density at radius 2 is 1.88 bits per heavy atom. The molecule has 6 heteroatoms. The third-order valence-electron chi connectivity index (χ3n) is 3.56. The van der Waals surface area contributed by atoms with Crippen LogP contribution in [0.15, 0.2) is 64.1 Å². The summed E-state index contributed by atoms with van der Waals surface area (Å²) in [6.45, 7) is 4.36. The molecule has 0 saturated heterocycles. The predicted molar refractivity (Wildman–Crippen MR) is 112 cm³/mol. The van der Waals surface area contributed by atoms with Gasteiger partial charge in [0.1, 0.15) is 6.54 Å². The molecule has 0 atom stereocenters. The molecule has 0 aliphatic heterocycles. The highest BCUT2D eigenvalue weighted by molar-refractivity contribution is 14.0. The smallest absolute Gasteiger partial charge is 0.216 e. The van der Waals surface area contributed by atoms with Gasteiger partial charge in [0.15, 0.2) is 11.7 Å². The SMILES string of the molecule is Cc1ccc(-c2cnc(CN=C(N)Nc3cccc(C)c3)o2)cc1.I. The molecule has 3 N–H and O–H groups in total. The maximum Gasteiger partial charge on any atom is 0.216 e. The maximum atomic E-state index is 5.91. The molecule has 0 spiro atoms. The monoisotopic (exact) mass is 448 g/mol. The number of benzene rings is 2. The lowest BCUT2D eigenvalue weighted by Gasteiger charge is -2.05. The van der Waals surface area contributed by atoms with E-state index in [1.54, 1.807) is 6.20 Å². The maximum absolute atomic E-state index is 5.91. The van der Waals surface area contributed by atoms with E-state index in [-0.39, 0.29) is 30.5 Å². The van der Waals surface area contributed by atoms with Gasteiger partial charge >= 0.3 is 0 Å². The summed E-state index contributed by atoms with van der Waals surface area (Å²) in [4.78, 5) is 8.52. The number of nitrogens with zero attached hydrogens (tertiary/aromatic N) is 2. The van der Waals surface area contributed by atoms with Crippen LogP contribution < -0.4 is 11.1 Å². The van der Waals surface area contributed by atoms with Crippen LogP contribution in [-0.2, 0) is 6.54 Å². The van der Waals surface area contributed by atoms with Gasteiger partial charge in [-0.2, -0.15) is 0 Å². The first-order chi connectivity index (χ1) is 11.6. The van der Waals surface area contributed by atoms with E-state index >= 15 is 0 Å². The Morgan fingerprint density at radius 1 is 1.12 bits per heavy atom. The highest BCUT2D eigenvalue weighted by Gasteiger charge is 2.06. The van der Waals surface area contributed by atoms with Crippen LogP contribution in [0.4, 0.5) is 5.69 Å². The molecule has 0 aliphatic rings. The number of aryl methyl sites for hydroxylation is 2. The molecule has 0 bridgehead atoms. The second-order valence-electron chi connectivity index (χ2n) is 5.68. The first kappa shape index (κ1) is 19.0. The Labute approximate surface area is 164 Å². The van der Waals surface area contributed by atoms with Crippen molar-refractivity contribution in [3.63, 3.8) is 0 Å². The molecule has 0 fully saturated rings. The van der Waals surface area contributed by atoms with Gasteiger partial charge in [-0.3, -0.25) is 0 Å². The highest BCUT2D eigenvalue weighted by Crippen LogP contribution is 2.21. The van der Waals surface area contributed by atoms with E-state index in [0.717, 1.165) is 22.6 Å². The number of nitrogens with one attached hydrogen (secondary N) is 1. The third kappa shape index (κ3) is 5.32. The van der Waals surface area contributed by atoms with Crippen LogP contribution in [0.5, 0.6) is 0 Å². The first-order valence-electron chi connectivity index (χ1n) is 7.75. The normalized spacial score (nSPS) is 11.0. The molecular formula is C19H21IN4O. The van der Waals surface area contributed by atoms with Crippen molar-refractivity contribution in [2.45, 2.75) is 20.4 Å². The average Bonchev–Trinajstić information content (AvgIpc) is 3.03. The van der Waals surface area contributed by atoms with Crippen molar-refractivity contribution in [1.29, 1.82) is 0 Å². The largest absolute Gasteiger partial charge is 0.439 e. The second-order valence-corrected chi connectivity index (χ2v) is 5.68. The lowest BCUT2D eigenvalue weighted by molar-refractivity contribution is 0.510. The first-order valence-corrected chi connectivity index (χ1v) is 7.75. The Hall–Kier alpha value is -2.35. The van der Waals surface area contributed by atoms with Gasteiger partial charge in [0.25, 0.3) is 0 Å². The number of hydrogen-bond donors (Lipinski definition) is 2. The molecule has 0 amide bonds. The van der Waals surface area contributed by atoms with Crippen LogP contribution in [0.2, 0.25) is 0 Å². The number of oxazole rings is 1. The minimum atomic E-state index is 0. The van der Waals surface area contributed by atoms with Crippen LogP contribution in [-0.4, -0.2) is 10.9 Å². The number of aromatic nitrogens is 1. The van der Waals surface area contributed by atoms with Crippen LogP contribution in [0.25, 0.3) is 11.3 Å². The number of nitrogens with two attached hydrogens (primary N) is 1. The minimum absolute atomic E-state index is 0. The zero-order valence-electron chi connectivity index (χ0n) is 14.2. The van der Waals surface area contributed by atoms with Gasteiger partial charge in [-0.15, -0.1) is 24.0 Å². The van der Waals surface area contributed by atoms with Crippen molar-refractivity contribution in [3.05, 3.63) is 71.7 Å². The molecule has 25 heavy (non-hydrogen) atoms. The quantitative estimate of drug-likeness (QED) is 0.350. The Bertz CT molecular complexity index is 856. The highest BCUT2D eigenvalue weighted by atomic mass is 127. The fraction of sp³-hybridized carbons (Fsp3) is 0.158. The Kier molecular flexibility index (Phi) is 6.58. The molecule has 0 unspecified atom stereocenters. The molecule has 3 rings (SSSR count). The Morgan fingerprint density at radius 3 is 2.60 bits per heavy atom. The van der Waals surface area contributed by atoms with Crippen molar-refractivity contribution < 1.29 is 4.42 Å².